The lowest BCUT2D eigenvalue weighted by Crippen LogP contribution is -2.07. The van der Waals surface area contributed by atoms with Crippen LogP contribution in [0.1, 0.15) is 6.92 Å². The van der Waals surface area contributed by atoms with Gasteiger partial charge in [-0.05, 0) is 5.75 Å². The Labute approximate surface area is 81.8 Å². The lowest BCUT2D eigenvalue weighted by Gasteiger charge is -2.02. The molecule has 1 heterocycles. The Kier molecular flexibility index (Phi) is 4.39. The van der Waals surface area contributed by atoms with Gasteiger partial charge in [0.2, 0.25) is 11.8 Å². The standard InChI is InChI=1S/C8H13N3OS/c1-2-13-6-5-10-8-9-4-3-7(12)11-8/h3-4H,2,5-6H2,1H3,(H2,9,10,11,12). The van der Waals surface area contributed by atoms with E-state index in [-0.39, 0.29) is 5.88 Å². The molecule has 1 rings (SSSR count). The van der Waals surface area contributed by atoms with Gasteiger partial charge >= 0.3 is 0 Å². The van der Waals surface area contributed by atoms with Crippen LogP contribution < -0.4 is 5.32 Å². The number of anilines is 1. The van der Waals surface area contributed by atoms with Gasteiger partial charge in [-0.2, -0.15) is 16.7 Å². The molecule has 0 saturated carbocycles. The molecule has 0 spiro atoms. The number of hydrogen-bond donors (Lipinski definition) is 2. The molecular weight excluding hydrogens is 186 g/mol. The van der Waals surface area contributed by atoms with Crippen LogP contribution in [0.3, 0.4) is 0 Å². The molecule has 5 heteroatoms. The molecule has 0 radical (unpaired) electrons. The second-order valence-electron chi connectivity index (χ2n) is 2.36. The van der Waals surface area contributed by atoms with Gasteiger partial charge in [-0.25, -0.2) is 4.98 Å². The Morgan fingerprint density at radius 3 is 3.15 bits per heavy atom. The molecule has 13 heavy (non-hydrogen) atoms. The van der Waals surface area contributed by atoms with E-state index in [4.69, 9.17) is 5.11 Å². The summed E-state index contributed by atoms with van der Waals surface area (Å²) in [5, 5.41) is 12.0. The fourth-order valence-corrected chi connectivity index (χ4v) is 1.35. The number of nitrogens with one attached hydrogen (secondary N) is 1. The smallest absolute Gasteiger partial charge is 0.225 e. The van der Waals surface area contributed by atoms with Gasteiger partial charge in [-0.15, -0.1) is 0 Å². The predicted octanol–water partition coefficient (Wildman–Crippen LogP) is 1.35. The van der Waals surface area contributed by atoms with Gasteiger partial charge in [0.25, 0.3) is 0 Å². The fourth-order valence-electron chi connectivity index (χ4n) is 0.814. The van der Waals surface area contributed by atoms with Crippen molar-refractivity contribution in [3.63, 3.8) is 0 Å². The van der Waals surface area contributed by atoms with E-state index in [9.17, 15) is 0 Å². The minimum absolute atomic E-state index is 0.000597. The van der Waals surface area contributed by atoms with Gasteiger partial charge in [0, 0.05) is 24.6 Å². The Morgan fingerprint density at radius 1 is 1.62 bits per heavy atom. The maximum atomic E-state index is 9.02. The summed E-state index contributed by atoms with van der Waals surface area (Å²) in [6, 6.07) is 1.45. The fraction of sp³-hybridized carbons (Fsp3) is 0.500. The molecule has 4 nitrogen and oxygen atoms in total. The maximum absolute atomic E-state index is 9.02. The van der Waals surface area contributed by atoms with Gasteiger partial charge in [0.05, 0.1) is 0 Å². The third kappa shape index (κ3) is 3.98. The number of rotatable bonds is 5. The van der Waals surface area contributed by atoms with Crippen molar-refractivity contribution in [3.8, 4) is 5.88 Å². The molecule has 0 bridgehead atoms. The minimum Gasteiger partial charge on any atom is -0.493 e. The largest absolute Gasteiger partial charge is 0.493 e. The molecule has 0 atom stereocenters. The van der Waals surface area contributed by atoms with E-state index in [2.05, 4.69) is 22.2 Å². The van der Waals surface area contributed by atoms with Gasteiger partial charge < -0.3 is 10.4 Å². The van der Waals surface area contributed by atoms with Crippen LogP contribution in [0.5, 0.6) is 5.88 Å². The van der Waals surface area contributed by atoms with Crippen molar-refractivity contribution in [1.82, 2.24) is 9.97 Å². The molecule has 2 N–H and O–H groups in total. The van der Waals surface area contributed by atoms with Gasteiger partial charge in [-0.1, -0.05) is 6.92 Å². The zero-order valence-electron chi connectivity index (χ0n) is 7.53. The third-order valence-electron chi connectivity index (χ3n) is 1.37. The Balaban J connectivity index is 2.28. The van der Waals surface area contributed by atoms with E-state index in [0.29, 0.717) is 5.95 Å². The van der Waals surface area contributed by atoms with Crippen molar-refractivity contribution in [3.05, 3.63) is 12.3 Å². The highest BCUT2D eigenvalue weighted by Crippen LogP contribution is 2.05. The molecule has 0 unspecified atom stereocenters. The average molecular weight is 199 g/mol. The van der Waals surface area contributed by atoms with Crippen molar-refractivity contribution in [2.45, 2.75) is 6.92 Å². The third-order valence-corrected chi connectivity index (χ3v) is 2.28. The first kappa shape index (κ1) is 10.1. The molecule has 72 valence electrons. The predicted molar refractivity (Wildman–Crippen MR) is 55.2 cm³/mol. The van der Waals surface area contributed by atoms with Crippen LogP contribution in [-0.4, -0.2) is 33.1 Å². The van der Waals surface area contributed by atoms with Crippen molar-refractivity contribution < 1.29 is 5.11 Å². The van der Waals surface area contributed by atoms with Gasteiger partial charge in [-0.3, -0.25) is 0 Å². The van der Waals surface area contributed by atoms with Crippen LogP contribution in [0.25, 0.3) is 0 Å². The number of aromatic nitrogens is 2. The Bertz CT molecular complexity index is 257. The highest BCUT2D eigenvalue weighted by atomic mass is 32.2. The lowest BCUT2D eigenvalue weighted by atomic mass is 10.6. The summed E-state index contributed by atoms with van der Waals surface area (Å²) in [4.78, 5) is 7.74. The van der Waals surface area contributed by atoms with Crippen LogP contribution in [0.15, 0.2) is 12.3 Å². The normalized spacial score (nSPS) is 9.92. The number of nitrogens with zero attached hydrogens (tertiary/aromatic N) is 2. The van der Waals surface area contributed by atoms with Crippen molar-refractivity contribution >= 4 is 17.7 Å². The second kappa shape index (κ2) is 5.64. The summed E-state index contributed by atoms with van der Waals surface area (Å²) >= 11 is 1.85. The molecule has 0 amide bonds. The average Bonchev–Trinajstić information content (AvgIpc) is 2.13. The van der Waals surface area contributed by atoms with E-state index in [1.807, 2.05) is 11.8 Å². The van der Waals surface area contributed by atoms with Crippen LogP contribution in [0, 0.1) is 0 Å². The van der Waals surface area contributed by atoms with Gasteiger partial charge in [0.1, 0.15) is 0 Å². The van der Waals surface area contributed by atoms with Crippen LogP contribution in [-0.2, 0) is 0 Å². The van der Waals surface area contributed by atoms with Crippen molar-refractivity contribution in [1.29, 1.82) is 0 Å². The highest BCUT2D eigenvalue weighted by molar-refractivity contribution is 7.99. The molecule has 0 aliphatic rings. The topological polar surface area (TPSA) is 58.0 Å². The van der Waals surface area contributed by atoms with E-state index < -0.39 is 0 Å². The lowest BCUT2D eigenvalue weighted by molar-refractivity contribution is 0.453. The summed E-state index contributed by atoms with van der Waals surface area (Å²) in [7, 11) is 0. The summed E-state index contributed by atoms with van der Waals surface area (Å²) in [6.07, 6.45) is 1.53. The number of aromatic hydroxyl groups is 1. The van der Waals surface area contributed by atoms with E-state index in [0.717, 1.165) is 18.1 Å². The van der Waals surface area contributed by atoms with Crippen LogP contribution in [0.2, 0.25) is 0 Å². The molecule has 0 aliphatic carbocycles. The van der Waals surface area contributed by atoms with E-state index in [1.54, 1.807) is 0 Å². The zero-order valence-corrected chi connectivity index (χ0v) is 8.34. The summed E-state index contributed by atoms with van der Waals surface area (Å²) < 4.78 is 0. The minimum atomic E-state index is 0.000597. The first-order valence-corrected chi connectivity index (χ1v) is 5.32. The summed E-state index contributed by atoms with van der Waals surface area (Å²) in [5.41, 5.74) is 0. The highest BCUT2D eigenvalue weighted by Gasteiger charge is 1.95. The second-order valence-corrected chi connectivity index (χ2v) is 3.76. The molecule has 0 saturated heterocycles. The van der Waals surface area contributed by atoms with Crippen LogP contribution in [0.4, 0.5) is 5.95 Å². The molecule has 0 aromatic carbocycles. The quantitative estimate of drug-likeness (QED) is 0.701. The van der Waals surface area contributed by atoms with E-state index in [1.165, 1.54) is 12.3 Å². The van der Waals surface area contributed by atoms with Crippen molar-refractivity contribution in [2.75, 3.05) is 23.4 Å². The number of hydrogen-bond acceptors (Lipinski definition) is 5. The monoisotopic (exact) mass is 199 g/mol. The molecular formula is C8H13N3OS. The SMILES string of the molecule is CCSCCNc1nccc(O)n1. The zero-order chi connectivity index (χ0) is 9.52. The molecule has 1 aromatic heterocycles. The Hall–Kier alpha value is -0.970. The van der Waals surface area contributed by atoms with Gasteiger partial charge in [0.15, 0.2) is 0 Å². The number of thioether (sulfide) groups is 1. The molecule has 1 aromatic rings. The first-order chi connectivity index (χ1) is 6.33. The first-order valence-electron chi connectivity index (χ1n) is 4.16. The van der Waals surface area contributed by atoms with Crippen molar-refractivity contribution in [2.24, 2.45) is 0 Å². The van der Waals surface area contributed by atoms with E-state index >= 15 is 0 Å². The maximum Gasteiger partial charge on any atom is 0.225 e. The summed E-state index contributed by atoms with van der Waals surface area (Å²) in [5.74, 6) is 2.62. The summed E-state index contributed by atoms with van der Waals surface area (Å²) in [6.45, 7) is 2.94. The Morgan fingerprint density at radius 2 is 2.46 bits per heavy atom. The van der Waals surface area contributed by atoms with Crippen LogP contribution >= 0.6 is 11.8 Å². The molecule has 0 aliphatic heterocycles. The molecule has 0 fully saturated rings.